The molecule has 134 valence electrons. The Morgan fingerprint density at radius 2 is 2.04 bits per heavy atom. The maximum atomic E-state index is 12.9. The Balaban J connectivity index is 1.68. The van der Waals surface area contributed by atoms with E-state index in [1.165, 1.54) is 6.42 Å². The molecule has 2 N–H and O–H groups in total. The minimum atomic E-state index is 0.0617. The van der Waals surface area contributed by atoms with Gasteiger partial charge in [0.05, 0.1) is 24.6 Å². The van der Waals surface area contributed by atoms with Crippen LogP contribution in [-0.4, -0.2) is 54.8 Å². The number of H-pyrrole nitrogens is 1. The summed E-state index contributed by atoms with van der Waals surface area (Å²) in [5.74, 6) is 1.56. The lowest BCUT2D eigenvalue weighted by molar-refractivity contribution is 0.0688. The van der Waals surface area contributed by atoms with E-state index >= 15 is 0 Å². The van der Waals surface area contributed by atoms with Crippen LogP contribution in [0.2, 0.25) is 0 Å². The van der Waals surface area contributed by atoms with Crippen LogP contribution in [0.25, 0.3) is 11.3 Å². The summed E-state index contributed by atoms with van der Waals surface area (Å²) < 4.78 is 5.19. The number of amides is 1. The Morgan fingerprint density at radius 3 is 2.68 bits per heavy atom. The summed E-state index contributed by atoms with van der Waals surface area (Å²) in [6, 6.07) is 7.65. The smallest absolute Gasteiger partial charge is 0.257 e. The number of rotatable bonds is 6. The van der Waals surface area contributed by atoms with Gasteiger partial charge in [-0.05, 0) is 63.0 Å². The van der Waals surface area contributed by atoms with E-state index < -0.39 is 0 Å². The second-order valence-corrected chi connectivity index (χ2v) is 6.51. The summed E-state index contributed by atoms with van der Waals surface area (Å²) in [5.41, 5.74) is 2.34. The average Bonchev–Trinajstić information content (AvgIpc) is 3.16. The summed E-state index contributed by atoms with van der Waals surface area (Å²) >= 11 is 0. The van der Waals surface area contributed by atoms with Gasteiger partial charge in [-0.3, -0.25) is 9.89 Å². The van der Waals surface area contributed by atoms with Gasteiger partial charge in [0.25, 0.3) is 5.91 Å². The van der Waals surface area contributed by atoms with E-state index in [1.54, 1.807) is 13.3 Å². The van der Waals surface area contributed by atoms with Gasteiger partial charge in [-0.2, -0.15) is 5.10 Å². The molecule has 1 saturated heterocycles. The highest BCUT2D eigenvalue weighted by atomic mass is 16.5. The number of piperidine rings is 1. The molecule has 0 aliphatic carbocycles. The van der Waals surface area contributed by atoms with E-state index in [0.29, 0.717) is 11.5 Å². The number of aromatic nitrogens is 2. The number of aromatic amines is 1. The fourth-order valence-electron chi connectivity index (χ4n) is 3.37. The van der Waals surface area contributed by atoms with Crippen molar-refractivity contribution in [1.82, 2.24) is 20.4 Å². The van der Waals surface area contributed by atoms with Crippen molar-refractivity contribution < 1.29 is 9.53 Å². The average molecular weight is 342 g/mol. The summed E-state index contributed by atoms with van der Waals surface area (Å²) in [6.07, 6.45) is 4.96. The largest absolute Gasteiger partial charge is 0.497 e. The molecule has 1 aliphatic heterocycles. The molecule has 2 aromatic rings. The van der Waals surface area contributed by atoms with Crippen molar-refractivity contribution in [3.05, 3.63) is 36.0 Å². The standard InChI is InChI=1S/C19H26N4O2/c1-20-10-7-14-8-11-23(12-9-14)19(24)17-13-21-22-18(17)15-3-5-16(25-2)6-4-15/h3-6,13-14,20H,7-12H2,1-2H3,(H,21,22). The van der Waals surface area contributed by atoms with Crippen LogP contribution in [0.3, 0.4) is 0 Å². The molecule has 1 amide bonds. The van der Waals surface area contributed by atoms with E-state index in [9.17, 15) is 4.79 Å². The first-order chi connectivity index (χ1) is 12.2. The van der Waals surface area contributed by atoms with Crippen LogP contribution in [0, 0.1) is 5.92 Å². The van der Waals surface area contributed by atoms with Crippen molar-refractivity contribution in [3.8, 4) is 17.0 Å². The number of carbonyl (C=O) groups excluding carboxylic acids is 1. The Morgan fingerprint density at radius 1 is 1.32 bits per heavy atom. The number of likely N-dealkylation sites (tertiary alicyclic amines) is 1. The van der Waals surface area contributed by atoms with Crippen molar-refractivity contribution in [3.63, 3.8) is 0 Å². The maximum Gasteiger partial charge on any atom is 0.257 e. The minimum Gasteiger partial charge on any atom is -0.497 e. The lowest BCUT2D eigenvalue weighted by Crippen LogP contribution is -2.39. The van der Waals surface area contributed by atoms with Gasteiger partial charge < -0.3 is 15.0 Å². The zero-order valence-electron chi connectivity index (χ0n) is 14.9. The molecule has 0 spiro atoms. The molecule has 1 aromatic heterocycles. The third kappa shape index (κ3) is 4.02. The lowest BCUT2D eigenvalue weighted by atomic mass is 9.93. The zero-order chi connectivity index (χ0) is 17.6. The van der Waals surface area contributed by atoms with Gasteiger partial charge in [0.2, 0.25) is 0 Å². The van der Waals surface area contributed by atoms with E-state index in [-0.39, 0.29) is 5.91 Å². The number of nitrogens with zero attached hydrogens (tertiary/aromatic N) is 2. The van der Waals surface area contributed by atoms with E-state index in [2.05, 4.69) is 15.5 Å². The van der Waals surface area contributed by atoms with Crippen LogP contribution < -0.4 is 10.1 Å². The number of hydrogen-bond donors (Lipinski definition) is 2. The molecule has 0 radical (unpaired) electrons. The van der Waals surface area contributed by atoms with Gasteiger partial charge in [-0.25, -0.2) is 0 Å². The first-order valence-corrected chi connectivity index (χ1v) is 8.84. The van der Waals surface area contributed by atoms with Crippen LogP contribution >= 0.6 is 0 Å². The maximum absolute atomic E-state index is 12.9. The number of hydrogen-bond acceptors (Lipinski definition) is 4. The van der Waals surface area contributed by atoms with Gasteiger partial charge in [0, 0.05) is 18.7 Å². The van der Waals surface area contributed by atoms with Crippen LogP contribution in [0.4, 0.5) is 0 Å². The topological polar surface area (TPSA) is 70.2 Å². The van der Waals surface area contributed by atoms with Gasteiger partial charge >= 0.3 is 0 Å². The molecular weight excluding hydrogens is 316 g/mol. The monoisotopic (exact) mass is 342 g/mol. The predicted molar refractivity (Wildman–Crippen MR) is 97.7 cm³/mol. The molecule has 0 atom stereocenters. The highest BCUT2D eigenvalue weighted by Gasteiger charge is 2.26. The zero-order valence-corrected chi connectivity index (χ0v) is 14.9. The molecule has 1 aromatic carbocycles. The first-order valence-electron chi connectivity index (χ1n) is 8.84. The number of carbonyl (C=O) groups is 1. The quantitative estimate of drug-likeness (QED) is 0.846. The molecule has 0 unspecified atom stereocenters. The Bertz CT molecular complexity index is 688. The highest BCUT2D eigenvalue weighted by molar-refractivity contribution is 5.99. The molecule has 6 nitrogen and oxygen atoms in total. The van der Waals surface area contributed by atoms with Crippen molar-refractivity contribution in [2.24, 2.45) is 5.92 Å². The van der Waals surface area contributed by atoms with Crippen molar-refractivity contribution in [2.45, 2.75) is 19.3 Å². The predicted octanol–water partition coefficient (Wildman–Crippen LogP) is 2.55. The fourth-order valence-corrected chi connectivity index (χ4v) is 3.37. The Kier molecular flexibility index (Phi) is 5.71. The second kappa shape index (κ2) is 8.16. The summed E-state index contributed by atoms with van der Waals surface area (Å²) in [6.45, 7) is 2.68. The molecule has 0 bridgehead atoms. The number of benzene rings is 1. The number of methoxy groups -OCH3 is 1. The number of nitrogens with one attached hydrogen (secondary N) is 2. The molecule has 6 heteroatoms. The highest BCUT2D eigenvalue weighted by Crippen LogP contribution is 2.27. The van der Waals surface area contributed by atoms with Crippen LogP contribution in [0.1, 0.15) is 29.6 Å². The first kappa shape index (κ1) is 17.5. The molecule has 0 saturated carbocycles. The summed E-state index contributed by atoms with van der Waals surface area (Å²) in [7, 11) is 3.62. The summed E-state index contributed by atoms with van der Waals surface area (Å²) in [4.78, 5) is 14.9. The molecule has 2 heterocycles. The van der Waals surface area contributed by atoms with Gasteiger partial charge in [-0.15, -0.1) is 0 Å². The second-order valence-electron chi connectivity index (χ2n) is 6.51. The van der Waals surface area contributed by atoms with Crippen LogP contribution in [0.5, 0.6) is 5.75 Å². The number of ether oxygens (including phenoxy) is 1. The van der Waals surface area contributed by atoms with Crippen molar-refractivity contribution in [2.75, 3.05) is 33.8 Å². The van der Waals surface area contributed by atoms with Crippen molar-refractivity contribution in [1.29, 1.82) is 0 Å². The molecular formula is C19H26N4O2. The molecule has 1 fully saturated rings. The molecule has 3 rings (SSSR count). The summed E-state index contributed by atoms with van der Waals surface area (Å²) in [5, 5.41) is 10.3. The van der Waals surface area contributed by atoms with Crippen molar-refractivity contribution >= 4 is 5.91 Å². The normalized spacial score (nSPS) is 15.4. The Labute approximate surface area is 148 Å². The van der Waals surface area contributed by atoms with Crippen LogP contribution in [0.15, 0.2) is 30.5 Å². The molecule has 1 aliphatic rings. The minimum absolute atomic E-state index is 0.0617. The van der Waals surface area contributed by atoms with Gasteiger partial charge in [-0.1, -0.05) is 0 Å². The fraction of sp³-hybridized carbons (Fsp3) is 0.474. The third-order valence-corrected chi connectivity index (χ3v) is 4.95. The molecule has 25 heavy (non-hydrogen) atoms. The van der Waals surface area contributed by atoms with Gasteiger partial charge in [0.15, 0.2) is 0 Å². The Hall–Kier alpha value is -2.34. The van der Waals surface area contributed by atoms with Gasteiger partial charge in [0.1, 0.15) is 5.75 Å². The van der Waals surface area contributed by atoms with E-state index in [1.807, 2.05) is 36.2 Å². The lowest BCUT2D eigenvalue weighted by Gasteiger charge is -2.32. The van der Waals surface area contributed by atoms with E-state index in [4.69, 9.17) is 4.74 Å². The van der Waals surface area contributed by atoms with E-state index in [0.717, 1.165) is 49.5 Å². The third-order valence-electron chi connectivity index (χ3n) is 4.95. The van der Waals surface area contributed by atoms with Crippen LogP contribution in [-0.2, 0) is 0 Å². The SMILES string of the molecule is CNCCC1CCN(C(=O)c2cn[nH]c2-c2ccc(OC)cc2)CC1.